The van der Waals surface area contributed by atoms with Crippen molar-refractivity contribution in [2.24, 2.45) is 29.1 Å². The van der Waals surface area contributed by atoms with E-state index in [4.69, 9.17) is 0 Å². The van der Waals surface area contributed by atoms with Gasteiger partial charge in [0, 0.05) is 0 Å². The molecule has 0 aromatic carbocycles. The van der Waals surface area contributed by atoms with Gasteiger partial charge >= 0.3 is 0 Å². The standard InChI is InChI=1S/C11H20/c1-7(2)5-11(4)6-9-8(3)10(9)11/h7-10H,5-6H2,1-4H3. The van der Waals surface area contributed by atoms with E-state index in [0.29, 0.717) is 0 Å². The maximum atomic E-state index is 2.50. The van der Waals surface area contributed by atoms with Crippen LogP contribution in [-0.2, 0) is 0 Å². The summed E-state index contributed by atoms with van der Waals surface area (Å²) in [4.78, 5) is 0. The molecule has 2 aliphatic carbocycles. The van der Waals surface area contributed by atoms with E-state index in [0.717, 1.165) is 29.1 Å². The first kappa shape index (κ1) is 7.64. The molecule has 2 aliphatic rings. The molecule has 0 radical (unpaired) electrons. The third kappa shape index (κ3) is 0.947. The van der Waals surface area contributed by atoms with Gasteiger partial charge in [-0.25, -0.2) is 0 Å². The maximum Gasteiger partial charge on any atom is -0.0287 e. The lowest BCUT2D eigenvalue weighted by Gasteiger charge is -2.39. The van der Waals surface area contributed by atoms with Crippen molar-refractivity contribution in [1.29, 1.82) is 0 Å². The Morgan fingerprint density at radius 3 is 2.36 bits per heavy atom. The van der Waals surface area contributed by atoms with Gasteiger partial charge in [0.25, 0.3) is 0 Å². The molecule has 0 spiro atoms. The van der Waals surface area contributed by atoms with Gasteiger partial charge in [0.05, 0.1) is 0 Å². The normalized spacial score (nSPS) is 53.7. The summed E-state index contributed by atoms with van der Waals surface area (Å²) in [5, 5.41) is 0. The molecule has 0 aromatic heterocycles. The Kier molecular flexibility index (Phi) is 1.41. The fourth-order valence-electron chi connectivity index (χ4n) is 3.68. The highest BCUT2D eigenvalue weighted by Crippen LogP contribution is 2.72. The Morgan fingerprint density at radius 2 is 2.09 bits per heavy atom. The van der Waals surface area contributed by atoms with Crippen LogP contribution in [0.4, 0.5) is 0 Å². The molecule has 2 saturated carbocycles. The first-order chi connectivity index (χ1) is 5.04. The van der Waals surface area contributed by atoms with Crippen LogP contribution in [0.25, 0.3) is 0 Å². The van der Waals surface area contributed by atoms with Gasteiger partial charge in [-0.1, -0.05) is 27.7 Å². The van der Waals surface area contributed by atoms with Gasteiger partial charge < -0.3 is 0 Å². The summed E-state index contributed by atoms with van der Waals surface area (Å²) >= 11 is 0. The van der Waals surface area contributed by atoms with Crippen molar-refractivity contribution in [3.05, 3.63) is 0 Å². The van der Waals surface area contributed by atoms with Crippen molar-refractivity contribution in [2.75, 3.05) is 0 Å². The van der Waals surface area contributed by atoms with Crippen LogP contribution in [0.1, 0.15) is 40.5 Å². The van der Waals surface area contributed by atoms with E-state index in [1.165, 1.54) is 12.8 Å². The molecule has 0 aliphatic heterocycles. The van der Waals surface area contributed by atoms with Crippen LogP contribution in [0.15, 0.2) is 0 Å². The third-order valence-corrected chi connectivity index (χ3v) is 3.94. The minimum absolute atomic E-state index is 0.748. The lowest BCUT2D eigenvalue weighted by atomic mass is 9.66. The Labute approximate surface area is 70.4 Å². The Morgan fingerprint density at radius 1 is 1.45 bits per heavy atom. The lowest BCUT2D eigenvalue weighted by molar-refractivity contribution is 0.104. The molecule has 0 aromatic rings. The molecule has 0 heterocycles. The zero-order valence-electron chi connectivity index (χ0n) is 8.22. The summed E-state index contributed by atoms with van der Waals surface area (Å²) in [6.45, 7) is 9.63. The number of fused-ring (bicyclic) bond motifs is 1. The average Bonchev–Trinajstić information content (AvgIpc) is 2.33. The first-order valence-electron chi connectivity index (χ1n) is 5.04. The number of hydrogen-bond acceptors (Lipinski definition) is 0. The van der Waals surface area contributed by atoms with Gasteiger partial charge in [0.2, 0.25) is 0 Å². The van der Waals surface area contributed by atoms with Crippen molar-refractivity contribution in [1.82, 2.24) is 0 Å². The average molecular weight is 152 g/mol. The summed E-state index contributed by atoms with van der Waals surface area (Å²) < 4.78 is 0. The Hall–Kier alpha value is 0. The van der Waals surface area contributed by atoms with E-state index in [1.54, 1.807) is 0 Å². The molecular formula is C11H20. The predicted octanol–water partition coefficient (Wildman–Crippen LogP) is 3.32. The van der Waals surface area contributed by atoms with Gasteiger partial charge in [-0.3, -0.25) is 0 Å². The molecule has 11 heavy (non-hydrogen) atoms. The molecule has 0 amide bonds. The zero-order chi connectivity index (χ0) is 8.22. The molecule has 0 bridgehead atoms. The van der Waals surface area contributed by atoms with Gasteiger partial charge in [0.1, 0.15) is 0 Å². The van der Waals surface area contributed by atoms with Crippen LogP contribution in [0.2, 0.25) is 0 Å². The molecule has 2 rings (SSSR count). The van der Waals surface area contributed by atoms with Crippen molar-refractivity contribution >= 4 is 0 Å². The molecule has 0 heteroatoms. The molecule has 0 N–H and O–H groups in total. The van der Waals surface area contributed by atoms with E-state index < -0.39 is 0 Å². The molecule has 4 atom stereocenters. The highest BCUT2D eigenvalue weighted by atomic mass is 14.7. The van der Waals surface area contributed by atoms with E-state index in [2.05, 4.69) is 27.7 Å². The predicted molar refractivity (Wildman–Crippen MR) is 48.3 cm³/mol. The zero-order valence-corrected chi connectivity index (χ0v) is 8.22. The molecular weight excluding hydrogens is 132 g/mol. The third-order valence-electron chi connectivity index (χ3n) is 3.94. The van der Waals surface area contributed by atoms with Gasteiger partial charge in [-0.2, -0.15) is 0 Å². The van der Waals surface area contributed by atoms with Crippen LogP contribution in [-0.4, -0.2) is 0 Å². The highest BCUT2D eigenvalue weighted by Gasteiger charge is 2.66. The monoisotopic (exact) mass is 152 g/mol. The van der Waals surface area contributed by atoms with Gasteiger partial charge in [-0.15, -0.1) is 0 Å². The van der Waals surface area contributed by atoms with Crippen molar-refractivity contribution in [3.63, 3.8) is 0 Å². The first-order valence-corrected chi connectivity index (χ1v) is 5.04. The summed E-state index contributed by atoms with van der Waals surface area (Å²) in [6.07, 6.45) is 2.98. The number of rotatable bonds is 2. The van der Waals surface area contributed by atoms with Gasteiger partial charge in [0.15, 0.2) is 0 Å². The summed E-state index contributed by atoms with van der Waals surface area (Å²) in [5.41, 5.74) is 0.748. The van der Waals surface area contributed by atoms with Crippen molar-refractivity contribution in [3.8, 4) is 0 Å². The second-order valence-electron chi connectivity index (χ2n) is 5.50. The second-order valence-corrected chi connectivity index (χ2v) is 5.50. The van der Waals surface area contributed by atoms with Crippen LogP contribution in [0, 0.1) is 29.1 Å². The fraction of sp³-hybridized carbons (Fsp3) is 1.00. The molecule has 2 fully saturated rings. The minimum Gasteiger partial charge on any atom is -0.0628 e. The number of hydrogen-bond donors (Lipinski definition) is 0. The quantitative estimate of drug-likeness (QED) is 0.569. The topological polar surface area (TPSA) is 0 Å². The summed E-state index contributed by atoms with van der Waals surface area (Å²) in [7, 11) is 0. The molecule has 64 valence electrons. The van der Waals surface area contributed by atoms with Crippen LogP contribution < -0.4 is 0 Å². The lowest BCUT2D eigenvalue weighted by Crippen LogP contribution is -2.30. The van der Waals surface area contributed by atoms with Crippen molar-refractivity contribution < 1.29 is 0 Å². The van der Waals surface area contributed by atoms with E-state index >= 15 is 0 Å². The Bertz CT molecular complexity index is 167. The Balaban J connectivity index is 1.93. The SMILES string of the molecule is CC(C)CC1(C)CC2C(C)C21. The van der Waals surface area contributed by atoms with E-state index in [-0.39, 0.29) is 0 Å². The molecule has 0 nitrogen and oxygen atoms in total. The summed E-state index contributed by atoms with van der Waals surface area (Å²) in [5.74, 6) is 4.22. The van der Waals surface area contributed by atoms with E-state index in [1.807, 2.05) is 0 Å². The summed E-state index contributed by atoms with van der Waals surface area (Å²) in [6, 6.07) is 0. The van der Waals surface area contributed by atoms with Crippen LogP contribution in [0.3, 0.4) is 0 Å². The second kappa shape index (κ2) is 2.02. The smallest absolute Gasteiger partial charge is 0.0287 e. The molecule has 0 saturated heterocycles. The molecule has 4 unspecified atom stereocenters. The highest BCUT2D eigenvalue weighted by molar-refractivity contribution is 5.14. The largest absolute Gasteiger partial charge is 0.0628 e. The maximum absolute atomic E-state index is 2.50. The van der Waals surface area contributed by atoms with Gasteiger partial charge in [-0.05, 0) is 41.9 Å². The van der Waals surface area contributed by atoms with Crippen LogP contribution in [0.5, 0.6) is 0 Å². The van der Waals surface area contributed by atoms with Crippen molar-refractivity contribution in [2.45, 2.75) is 40.5 Å². The minimum atomic E-state index is 0.748. The van der Waals surface area contributed by atoms with E-state index in [9.17, 15) is 0 Å². The van der Waals surface area contributed by atoms with Crippen LogP contribution >= 0.6 is 0 Å². The fourth-order valence-corrected chi connectivity index (χ4v) is 3.68.